The van der Waals surface area contributed by atoms with Gasteiger partial charge in [-0.3, -0.25) is 19.4 Å². The lowest BCUT2D eigenvalue weighted by Gasteiger charge is -2.41. The molecule has 0 radical (unpaired) electrons. The zero-order chi connectivity index (χ0) is 27.5. The van der Waals surface area contributed by atoms with Crippen LogP contribution < -0.4 is 21.8 Å². The van der Waals surface area contributed by atoms with Crippen molar-refractivity contribution in [1.82, 2.24) is 20.7 Å². The molecule has 0 bridgehead atoms. The number of nitrogens with zero attached hydrogens (tertiary/aromatic N) is 2. The number of hydrazine groups is 1. The first-order valence-corrected chi connectivity index (χ1v) is 13.2. The Kier molecular flexibility index (Phi) is 8.70. The molecule has 1 heterocycles. The number of carbonyl (C=O) groups is 3. The van der Waals surface area contributed by atoms with Gasteiger partial charge >= 0.3 is 0 Å². The van der Waals surface area contributed by atoms with Crippen molar-refractivity contribution in [3.05, 3.63) is 42.2 Å². The molecule has 37 heavy (non-hydrogen) atoms. The summed E-state index contributed by atoms with van der Waals surface area (Å²) in [6.45, 7) is 12.0. The van der Waals surface area contributed by atoms with Gasteiger partial charge < -0.3 is 21.3 Å². The van der Waals surface area contributed by atoms with Crippen LogP contribution >= 0.6 is 0 Å². The molecule has 0 spiro atoms. The Hall–Kier alpha value is -2.91. The highest BCUT2D eigenvalue weighted by Gasteiger charge is 2.46. The van der Waals surface area contributed by atoms with Crippen LogP contribution in [0.2, 0.25) is 0 Å². The number of likely N-dealkylation sites (tertiary alicyclic amines) is 1. The Balaban J connectivity index is 1.79. The molecule has 6 N–H and O–H groups in total. The average Bonchev–Trinajstić information content (AvgIpc) is 3.59. The van der Waals surface area contributed by atoms with E-state index in [0.29, 0.717) is 24.6 Å². The number of allylic oxidation sites excluding steroid dienone is 1. The largest absolute Gasteiger partial charge is 0.340 e. The minimum absolute atomic E-state index is 0.113. The zero-order valence-electron chi connectivity index (χ0n) is 23.4. The first-order chi connectivity index (χ1) is 17.2. The molecule has 9 heteroatoms. The molecule has 0 aromatic heterocycles. The second kappa shape index (κ2) is 11.2. The molecule has 1 aliphatic heterocycles. The summed E-state index contributed by atoms with van der Waals surface area (Å²) < 4.78 is 0. The SMILES string of the molecule is CNN(/C=C(\[NH3+])C1CC1)[C@H](C(=O)N1CC(C)C[C@H]1C(=O)NC(C)(C)C(=O)Nc1ccccc1)C(C)(C)C. The van der Waals surface area contributed by atoms with E-state index in [-0.39, 0.29) is 23.6 Å². The molecule has 1 saturated carbocycles. The fourth-order valence-electron chi connectivity index (χ4n) is 4.87. The van der Waals surface area contributed by atoms with Crippen molar-refractivity contribution in [2.24, 2.45) is 17.3 Å². The molecule has 2 fully saturated rings. The van der Waals surface area contributed by atoms with Crippen LogP contribution in [0.4, 0.5) is 5.69 Å². The second-order valence-corrected chi connectivity index (χ2v) is 12.2. The Labute approximate surface area is 221 Å². The molecule has 3 atom stereocenters. The van der Waals surface area contributed by atoms with E-state index >= 15 is 0 Å². The maximum Gasteiger partial charge on any atom is 0.249 e. The van der Waals surface area contributed by atoms with Crippen molar-refractivity contribution in [1.29, 1.82) is 0 Å². The molecule has 3 rings (SSSR count). The van der Waals surface area contributed by atoms with Crippen LogP contribution in [-0.2, 0) is 14.4 Å². The summed E-state index contributed by atoms with van der Waals surface area (Å²) in [7, 11) is 1.80. The minimum atomic E-state index is -1.16. The number of hydrogen-bond donors (Lipinski definition) is 4. The number of para-hydroxylation sites is 1. The summed E-state index contributed by atoms with van der Waals surface area (Å²) >= 11 is 0. The van der Waals surface area contributed by atoms with Gasteiger partial charge in [-0.1, -0.05) is 45.9 Å². The van der Waals surface area contributed by atoms with Gasteiger partial charge in [-0.05, 0) is 56.6 Å². The lowest BCUT2D eigenvalue weighted by Crippen LogP contribution is -2.61. The number of amides is 3. The second-order valence-electron chi connectivity index (χ2n) is 12.2. The molecule has 1 aliphatic carbocycles. The van der Waals surface area contributed by atoms with Crippen molar-refractivity contribution < 1.29 is 20.1 Å². The molecule has 1 aromatic carbocycles. The molecule has 204 valence electrons. The maximum atomic E-state index is 14.1. The smallest absolute Gasteiger partial charge is 0.249 e. The van der Waals surface area contributed by atoms with E-state index in [2.05, 4.69) is 21.8 Å². The van der Waals surface area contributed by atoms with Gasteiger partial charge in [0.05, 0.1) is 6.20 Å². The third-order valence-electron chi connectivity index (χ3n) is 7.13. The highest BCUT2D eigenvalue weighted by Crippen LogP contribution is 2.35. The third kappa shape index (κ3) is 7.11. The lowest BCUT2D eigenvalue weighted by atomic mass is 9.85. The van der Waals surface area contributed by atoms with E-state index in [0.717, 1.165) is 18.5 Å². The summed E-state index contributed by atoms with van der Waals surface area (Å²) in [5.41, 5.74) is 7.46. The fraction of sp³-hybridized carbons (Fsp3) is 0.607. The third-order valence-corrected chi connectivity index (χ3v) is 7.13. The lowest BCUT2D eigenvalue weighted by molar-refractivity contribution is -0.311. The molecule has 1 aromatic rings. The number of benzene rings is 1. The monoisotopic (exact) mass is 513 g/mol. The van der Waals surface area contributed by atoms with Gasteiger partial charge in [0.1, 0.15) is 23.3 Å². The van der Waals surface area contributed by atoms with Crippen molar-refractivity contribution in [2.45, 2.75) is 78.4 Å². The van der Waals surface area contributed by atoms with Crippen LogP contribution in [0.5, 0.6) is 0 Å². The first-order valence-electron chi connectivity index (χ1n) is 13.2. The Bertz CT molecular complexity index is 1010. The van der Waals surface area contributed by atoms with Gasteiger partial charge in [-0.2, -0.15) is 0 Å². The average molecular weight is 514 g/mol. The molecule has 2 aliphatic rings. The first kappa shape index (κ1) is 28.7. The van der Waals surface area contributed by atoms with Crippen LogP contribution in [0.3, 0.4) is 0 Å². The molecular weight excluding hydrogens is 468 g/mol. The highest BCUT2D eigenvalue weighted by atomic mass is 16.2. The van der Waals surface area contributed by atoms with Gasteiger partial charge in [0.25, 0.3) is 0 Å². The van der Waals surface area contributed by atoms with Crippen LogP contribution in [-0.4, -0.2) is 58.8 Å². The summed E-state index contributed by atoms with van der Waals surface area (Å²) in [6.07, 6.45) is 4.74. The number of carbonyl (C=O) groups excluding carboxylic acids is 3. The van der Waals surface area contributed by atoms with Crippen molar-refractivity contribution in [3.8, 4) is 0 Å². The topological polar surface area (TPSA) is 121 Å². The quantitative estimate of drug-likeness (QED) is 0.377. The minimum Gasteiger partial charge on any atom is -0.340 e. The Morgan fingerprint density at radius 1 is 1.11 bits per heavy atom. The van der Waals surface area contributed by atoms with Crippen LogP contribution in [0.1, 0.15) is 60.8 Å². The van der Waals surface area contributed by atoms with Gasteiger partial charge in [0.2, 0.25) is 17.7 Å². The zero-order valence-corrected chi connectivity index (χ0v) is 23.4. The molecule has 3 amide bonds. The molecule has 9 nitrogen and oxygen atoms in total. The van der Waals surface area contributed by atoms with Gasteiger partial charge in [-0.25, -0.2) is 5.43 Å². The van der Waals surface area contributed by atoms with E-state index < -0.39 is 23.0 Å². The Morgan fingerprint density at radius 2 is 1.73 bits per heavy atom. The van der Waals surface area contributed by atoms with Crippen LogP contribution in [0, 0.1) is 17.3 Å². The Morgan fingerprint density at radius 3 is 2.27 bits per heavy atom. The maximum absolute atomic E-state index is 14.1. The number of rotatable bonds is 9. The number of quaternary nitrogens is 1. The number of anilines is 1. The molecule has 1 unspecified atom stereocenters. The summed E-state index contributed by atoms with van der Waals surface area (Å²) in [5.74, 6) is -0.118. The normalized spacial score (nSPS) is 21.4. The number of nitrogens with one attached hydrogen (secondary N) is 3. The fourth-order valence-corrected chi connectivity index (χ4v) is 4.87. The predicted molar refractivity (Wildman–Crippen MR) is 144 cm³/mol. The summed E-state index contributed by atoms with van der Waals surface area (Å²) in [4.78, 5) is 42.3. The van der Waals surface area contributed by atoms with E-state index in [1.165, 1.54) is 0 Å². The molecular formula is C28H45N6O3+. The highest BCUT2D eigenvalue weighted by molar-refractivity contribution is 6.01. The van der Waals surface area contributed by atoms with E-state index in [9.17, 15) is 14.4 Å². The van der Waals surface area contributed by atoms with Crippen LogP contribution in [0.15, 0.2) is 42.2 Å². The van der Waals surface area contributed by atoms with Crippen molar-refractivity contribution in [2.75, 3.05) is 18.9 Å². The van der Waals surface area contributed by atoms with E-state index in [1.54, 1.807) is 37.9 Å². The van der Waals surface area contributed by atoms with Gasteiger partial charge in [0.15, 0.2) is 0 Å². The summed E-state index contributed by atoms with van der Waals surface area (Å²) in [6, 6.07) is 7.94. The van der Waals surface area contributed by atoms with Crippen molar-refractivity contribution >= 4 is 23.4 Å². The number of hydrogen-bond acceptors (Lipinski definition) is 5. The van der Waals surface area contributed by atoms with Gasteiger partial charge in [-0.15, -0.1) is 0 Å². The van der Waals surface area contributed by atoms with E-state index in [1.807, 2.05) is 57.1 Å². The standard InChI is InChI=1S/C28H44N6O3/c1-18-15-22(24(35)32-28(5,6)26(37)31-20-11-9-8-10-12-20)33(16-18)25(36)23(27(2,3)4)34(30-7)17-21(29)19-13-14-19/h8-12,17-19,22-23,30H,13-16,29H2,1-7H3,(H,31,37)(H,32,35)/p+1/b21-17-/t18?,22-,23+/m0/s1. The van der Waals surface area contributed by atoms with Crippen LogP contribution in [0.25, 0.3) is 0 Å². The van der Waals surface area contributed by atoms with Crippen molar-refractivity contribution in [3.63, 3.8) is 0 Å². The molecule has 1 saturated heterocycles. The summed E-state index contributed by atoms with van der Waals surface area (Å²) in [5, 5.41) is 7.60. The van der Waals surface area contributed by atoms with Gasteiger partial charge in [0, 0.05) is 25.2 Å². The van der Waals surface area contributed by atoms with E-state index in [4.69, 9.17) is 0 Å². The predicted octanol–water partition coefficient (Wildman–Crippen LogP) is 2.10.